The van der Waals surface area contributed by atoms with Gasteiger partial charge in [0.05, 0.1) is 22.3 Å². The first-order valence-corrected chi connectivity index (χ1v) is 13.5. The molecule has 1 aliphatic heterocycles. The topological polar surface area (TPSA) is 125 Å². The fourth-order valence-corrected chi connectivity index (χ4v) is 5.04. The van der Waals surface area contributed by atoms with E-state index < -0.39 is 18.2 Å². The molecule has 0 spiro atoms. The predicted molar refractivity (Wildman–Crippen MR) is 141 cm³/mol. The third-order valence-electron chi connectivity index (χ3n) is 6.38. The number of nitrogens with one attached hydrogen (secondary N) is 1. The van der Waals surface area contributed by atoms with Gasteiger partial charge in [-0.2, -0.15) is 0 Å². The normalized spacial score (nSPS) is 23.6. The van der Waals surface area contributed by atoms with Crippen LogP contribution in [0.3, 0.4) is 0 Å². The lowest BCUT2D eigenvalue weighted by atomic mass is 9.87. The van der Waals surface area contributed by atoms with E-state index in [9.17, 15) is 19.5 Å². The Kier molecular flexibility index (Phi) is 11.1. The maximum atomic E-state index is 13.4. The minimum Gasteiger partial charge on any atom is -0.482 e. The lowest BCUT2D eigenvalue weighted by Crippen LogP contribution is -2.56. The molecule has 1 heterocycles. The predicted octanol–water partition coefficient (Wildman–Crippen LogP) is 1.97. The Bertz CT molecular complexity index is 948. The average Bonchev–Trinajstić information content (AvgIpc) is 3.37. The van der Waals surface area contributed by atoms with E-state index >= 15 is 0 Å². The van der Waals surface area contributed by atoms with Crippen LogP contribution in [0.5, 0.6) is 5.75 Å². The summed E-state index contributed by atoms with van der Waals surface area (Å²) in [5.41, 5.74) is 0.378. The van der Waals surface area contributed by atoms with Gasteiger partial charge in [0, 0.05) is 44.5 Å². The van der Waals surface area contributed by atoms with Crippen LogP contribution in [0.4, 0.5) is 0 Å². The fourth-order valence-electron chi connectivity index (χ4n) is 4.53. The van der Waals surface area contributed by atoms with E-state index in [0.717, 1.165) is 16.4 Å². The average molecular weight is 614 g/mol. The molecule has 4 atom stereocenters. The number of halogens is 1. The van der Waals surface area contributed by atoms with Gasteiger partial charge in [-0.05, 0) is 67.0 Å². The first-order valence-electron chi connectivity index (χ1n) is 12.4. The number of hydrogen-bond donors (Lipinski definition) is 3. The molecule has 0 bridgehead atoms. The van der Waals surface area contributed by atoms with E-state index in [1.165, 1.54) is 6.92 Å². The smallest absolute Gasteiger partial charge is 0.247 e. The maximum absolute atomic E-state index is 13.4. The molecule has 1 saturated heterocycles. The molecule has 1 aromatic rings. The van der Waals surface area contributed by atoms with Crippen LogP contribution in [0.2, 0.25) is 0 Å². The lowest BCUT2D eigenvalue weighted by molar-refractivity contribution is -0.141. The fraction of sp³-hybridized carbons (Fsp3) is 0.577. The van der Waals surface area contributed by atoms with Crippen molar-refractivity contribution >= 4 is 40.2 Å². The third kappa shape index (κ3) is 7.99. The van der Waals surface area contributed by atoms with Crippen molar-refractivity contribution < 1.29 is 34.1 Å². The molecule has 1 fully saturated rings. The summed E-state index contributed by atoms with van der Waals surface area (Å²) >= 11 is 2.14. The SMILES string of the molecule is CC(=O)CCCC(=O)N(C[C@H]1CCCO1)[C@@H]1CC(C(=O)NCCO)=C[C@H](Oc2ccccc2I)[C@H]1O. The summed E-state index contributed by atoms with van der Waals surface area (Å²) in [5.74, 6) is 0.00904. The van der Waals surface area contributed by atoms with Gasteiger partial charge >= 0.3 is 0 Å². The van der Waals surface area contributed by atoms with Gasteiger partial charge < -0.3 is 34.7 Å². The summed E-state index contributed by atoms with van der Waals surface area (Å²) in [5, 5.41) is 23.2. The zero-order valence-electron chi connectivity index (χ0n) is 20.5. The van der Waals surface area contributed by atoms with E-state index in [-0.39, 0.29) is 49.7 Å². The summed E-state index contributed by atoms with van der Waals surface area (Å²) in [6, 6.07) is 6.65. The summed E-state index contributed by atoms with van der Waals surface area (Å²) in [6.45, 7) is 2.30. The second kappa shape index (κ2) is 14.1. The zero-order valence-corrected chi connectivity index (χ0v) is 22.7. The number of carbonyl (C=O) groups excluding carboxylic acids is 3. The Labute approximate surface area is 225 Å². The number of carbonyl (C=O) groups is 3. The molecule has 0 radical (unpaired) electrons. The molecule has 198 valence electrons. The highest BCUT2D eigenvalue weighted by atomic mass is 127. The van der Waals surface area contributed by atoms with Crippen molar-refractivity contribution in [3.05, 3.63) is 39.5 Å². The number of para-hydroxylation sites is 1. The summed E-state index contributed by atoms with van der Waals surface area (Å²) in [7, 11) is 0. The lowest BCUT2D eigenvalue weighted by Gasteiger charge is -2.41. The Balaban J connectivity index is 1.89. The number of aliphatic hydroxyl groups excluding tert-OH is 2. The van der Waals surface area contributed by atoms with Crippen LogP contribution in [-0.4, -0.2) is 83.4 Å². The van der Waals surface area contributed by atoms with Crippen LogP contribution in [0.25, 0.3) is 0 Å². The summed E-state index contributed by atoms with van der Waals surface area (Å²) < 4.78 is 12.8. The zero-order chi connectivity index (χ0) is 26.1. The van der Waals surface area contributed by atoms with E-state index in [1.807, 2.05) is 18.2 Å². The second-order valence-electron chi connectivity index (χ2n) is 9.18. The molecule has 1 aromatic carbocycles. The first kappa shape index (κ1) is 28.5. The molecule has 2 amide bonds. The molecule has 36 heavy (non-hydrogen) atoms. The van der Waals surface area contributed by atoms with Gasteiger partial charge in [-0.15, -0.1) is 0 Å². The minimum absolute atomic E-state index is 0.0166. The van der Waals surface area contributed by atoms with Crippen LogP contribution < -0.4 is 10.1 Å². The minimum atomic E-state index is -1.09. The van der Waals surface area contributed by atoms with Crippen molar-refractivity contribution in [2.45, 2.75) is 69.8 Å². The molecule has 0 aromatic heterocycles. The van der Waals surface area contributed by atoms with Crippen molar-refractivity contribution in [3.63, 3.8) is 0 Å². The van der Waals surface area contributed by atoms with E-state index in [2.05, 4.69) is 27.9 Å². The number of benzene rings is 1. The van der Waals surface area contributed by atoms with Crippen molar-refractivity contribution in [2.24, 2.45) is 0 Å². The van der Waals surface area contributed by atoms with Gasteiger partial charge in [-0.25, -0.2) is 0 Å². The molecule has 3 N–H and O–H groups in total. The highest BCUT2D eigenvalue weighted by Gasteiger charge is 2.41. The summed E-state index contributed by atoms with van der Waals surface area (Å²) in [6.07, 6.45) is 2.21. The number of ether oxygens (including phenoxy) is 2. The van der Waals surface area contributed by atoms with Crippen LogP contribution in [0.1, 0.15) is 45.4 Å². The van der Waals surface area contributed by atoms with E-state index in [1.54, 1.807) is 17.0 Å². The highest BCUT2D eigenvalue weighted by Crippen LogP contribution is 2.31. The quantitative estimate of drug-likeness (QED) is 0.308. The Hall–Kier alpha value is -2.02. The number of hydrogen-bond acceptors (Lipinski definition) is 7. The third-order valence-corrected chi connectivity index (χ3v) is 7.27. The first-order chi connectivity index (χ1) is 17.3. The van der Waals surface area contributed by atoms with Crippen LogP contribution in [0.15, 0.2) is 35.9 Å². The molecular weight excluding hydrogens is 579 g/mol. The van der Waals surface area contributed by atoms with Crippen LogP contribution in [-0.2, 0) is 19.1 Å². The van der Waals surface area contributed by atoms with Crippen LogP contribution in [0, 0.1) is 3.57 Å². The molecule has 3 rings (SSSR count). The van der Waals surface area contributed by atoms with Crippen LogP contribution >= 0.6 is 22.6 Å². The molecule has 0 unspecified atom stereocenters. The molecule has 10 heteroatoms. The van der Waals surface area contributed by atoms with Crippen molar-refractivity contribution in [3.8, 4) is 5.75 Å². The Morgan fingerprint density at radius 2 is 2.03 bits per heavy atom. The Morgan fingerprint density at radius 3 is 2.69 bits per heavy atom. The molecule has 9 nitrogen and oxygen atoms in total. The molecule has 0 saturated carbocycles. The highest BCUT2D eigenvalue weighted by molar-refractivity contribution is 14.1. The second-order valence-corrected chi connectivity index (χ2v) is 10.3. The Morgan fingerprint density at radius 1 is 1.25 bits per heavy atom. The van der Waals surface area contributed by atoms with Crippen molar-refractivity contribution in [1.82, 2.24) is 10.2 Å². The summed E-state index contributed by atoms with van der Waals surface area (Å²) in [4.78, 5) is 39.3. The molecular formula is C26H35IN2O7. The van der Waals surface area contributed by atoms with Gasteiger partial charge in [0.25, 0.3) is 0 Å². The number of nitrogens with zero attached hydrogens (tertiary/aromatic N) is 1. The van der Waals surface area contributed by atoms with E-state index in [0.29, 0.717) is 37.3 Å². The monoisotopic (exact) mass is 614 g/mol. The van der Waals surface area contributed by atoms with E-state index in [4.69, 9.17) is 14.6 Å². The number of Topliss-reactive ketones (excluding diaryl/α,β-unsaturated/α-hetero) is 1. The van der Waals surface area contributed by atoms with Gasteiger partial charge in [0.2, 0.25) is 11.8 Å². The number of ketones is 1. The van der Waals surface area contributed by atoms with Crippen molar-refractivity contribution in [1.29, 1.82) is 0 Å². The van der Waals surface area contributed by atoms with Gasteiger partial charge in [-0.1, -0.05) is 12.1 Å². The van der Waals surface area contributed by atoms with Gasteiger partial charge in [-0.3, -0.25) is 9.59 Å². The van der Waals surface area contributed by atoms with Gasteiger partial charge in [0.1, 0.15) is 23.7 Å². The maximum Gasteiger partial charge on any atom is 0.247 e. The number of amides is 2. The van der Waals surface area contributed by atoms with Crippen molar-refractivity contribution in [2.75, 3.05) is 26.3 Å². The largest absolute Gasteiger partial charge is 0.482 e. The standard InChI is InChI=1S/C26H35IN2O7/c1-17(31)6-4-10-24(32)29(16-19-7-5-13-35-19)21-14-18(26(34)28-11-12-30)15-23(25(21)33)36-22-9-3-2-8-20(22)27/h2-3,8-9,15,19,21,23,25,30,33H,4-7,10-14,16H2,1H3,(H,28,34)/t19-,21-,23+,25+/m1/s1. The number of rotatable bonds is 12. The molecule has 2 aliphatic rings. The molecule has 1 aliphatic carbocycles. The van der Waals surface area contributed by atoms with Gasteiger partial charge in [0.15, 0.2) is 0 Å². The number of aliphatic hydroxyl groups is 2.